The third kappa shape index (κ3) is 2.34. The van der Waals surface area contributed by atoms with Gasteiger partial charge in [0.05, 0.1) is 0 Å². The van der Waals surface area contributed by atoms with E-state index in [0.29, 0.717) is 11.8 Å². The summed E-state index contributed by atoms with van der Waals surface area (Å²) in [6.45, 7) is 0. The van der Waals surface area contributed by atoms with Crippen LogP contribution in [0.5, 0.6) is 5.75 Å². The van der Waals surface area contributed by atoms with Crippen LogP contribution >= 0.6 is 0 Å². The zero-order chi connectivity index (χ0) is 10.7. The second-order valence-electron chi connectivity index (χ2n) is 2.98. The summed E-state index contributed by atoms with van der Waals surface area (Å²) in [7, 11) is 0. The molecule has 5 heteroatoms. The number of phenols is 1. The molecule has 2 rings (SSSR count). The molecule has 0 spiro atoms. The fourth-order valence-electron chi connectivity index (χ4n) is 1.11. The highest BCUT2D eigenvalue weighted by molar-refractivity contribution is 5.55. The number of hydrogen-bond acceptors (Lipinski definition) is 5. The summed E-state index contributed by atoms with van der Waals surface area (Å²) in [6.07, 6.45) is 1.57. The molecule has 0 radical (unpaired) electrons. The predicted molar refractivity (Wildman–Crippen MR) is 57.8 cm³/mol. The molecule has 1 aromatic heterocycles. The van der Waals surface area contributed by atoms with E-state index in [1.165, 1.54) is 0 Å². The van der Waals surface area contributed by atoms with Crippen LogP contribution in [0, 0.1) is 0 Å². The van der Waals surface area contributed by atoms with Crippen molar-refractivity contribution in [3.05, 3.63) is 36.5 Å². The zero-order valence-electron chi connectivity index (χ0n) is 7.88. The molecule has 0 aliphatic heterocycles. The van der Waals surface area contributed by atoms with Gasteiger partial charge in [0.2, 0.25) is 5.95 Å². The van der Waals surface area contributed by atoms with Gasteiger partial charge in [0.25, 0.3) is 0 Å². The number of hydrogen-bond donors (Lipinski definition) is 3. The first-order chi connectivity index (χ1) is 7.24. The second kappa shape index (κ2) is 3.83. The van der Waals surface area contributed by atoms with Crippen molar-refractivity contribution in [1.29, 1.82) is 0 Å². The van der Waals surface area contributed by atoms with E-state index >= 15 is 0 Å². The van der Waals surface area contributed by atoms with Gasteiger partial charge in [0, 0.05) is 11.9 Å². The van der Waals surface area contributed by atoms with E-state index in [9.17, 15) is 0 Å². The Labute approximate surface area is 86.6 Å². The lowest BCUT2D eigenvalue weighted by molar-refractivity contribution is 0.475. The van der Waals surface area contributed by atoms with Crippen LogP contribution in [0.25, 0.3) is 0 Å². The van der Waals surface area contributed by atoms with Gasteiger partial charge in [0.1, 0.15) is 11.6 Å². The molecule has 76 valence electrons. The summed E-state index contributed by atoms with van der Waals surface area (Å²) in [4.78, 5) is 7.98. The maximum atomic E-state index is 9.09. The van der Waals surface area contributed by atoms with Gasteiger partial charge < -0.3 is 16.2 Å². The number of phenolic OH excluding ortho intramolecular Hbond substituents is 1. The van der Waals surface area contributed by atoms with Gasteiger partial charge >= 0.3 is 0 Å². The van der Waals surface area contributed by atoms with Crippen molar-refractivity contribution >= 4 is 17.5 Å². The summed E-state index contributed by atoms with van der Waals surface area (Å²) in [5, 5.41) is 12.0. The highest BCUT2D eigenvalue weighted by Crippen LogP contribution is 2.16. The summed E-state index contributed by atoms with van der Waals surface area (Å²) in [5.41, 5.74) is 6.30. The van der Waals surface area contributed by atoms with E-state index in [4.69, 9.17) is 10.8 Å². The van der Waals surface area contributed by atoms with Crippen LogP contribution in [0.3, 0.4) is 0 Å². The van der Waals surface area contributed by atoms with Gasteiger partial charge in [-0.2, -0.15) is 4.98 Å². The Morgan fingerprint density at radius 1 is 1.13 bits per heavy atom. The van der Waals surface area contributed by atoms with Crippen LogP contribution in [0.1, 0.15) is 0 Å². The van der Waals surface area contributed by atoms with Gasteiger partial charge in [-0.05, 0) is 30.3 Å². The summed E-state index contributed by atoms with van der Waals surface area (Å²) >= 11 is 0. The Bertz CT molecular complexity index is 455. The van der Waals surface area contributed by atoms with Gasteiger partial charge in [-0.3, -0.25) is 0 Å². The molecule has 0 aliphatic rings. The molecule has 0 unspecified atom stereocenters. The van der Waals surface area contributed by atoms with Crippen molar-refractivity contribution in [1.82, 2.24) is 9.97 Å². The minimum Gasteiger partial charge on any atom is -0.508 e. The molecule has 5 nitrogen and oxygen atoms in total. The molecule has 0 saturated carbocycles. The molecular weight excluding hydrogens is 192 g/mol. The fourth-order valence-corrected chi connectivity index (χ4v) is 1.11. The number of nitrogens with two attached hydrogens (primary N) is 1. The molecule has 0 atom stereocenters. The lowest BCUT2D eigenvalue weighted by atomic mass is 10.3. The van der Waals surface area contributed by atoms with Crippen LogP contribution in [0.2, 0.25) is 0 Å². The van der Waals surface area contributed by atoms with Crippen LogP contribution in [0.15, 0.2) is 36.5 Å². The highest BCUT2D eigenvalue weighted by Gasteiger charge is 1.97. The third-order valence-electron chi connectivity index (χ3n) is 1.80. The topological polar surface area (TPSA) is 84.1 Å². The molecule has 0 amide bonds. The van der Waals surface area contributed by atoms with Crippen LogP contribution in [-0.2, 0) is 0 Å². The number of anilines is 3. The largest absolute Gasteiger partial charge is 0.508 e. The molecule has 0 fully saturated rings. The van der Waals surface area contributed by atoms with Gasteiger partial charge in [0.15, 0.2) is 0 Å². The quantitative estimate of drug-likeness (QED) is 0.643. The number of nitrogen functional groups attached to an aromatic ring is 1. The van der Waals surface area contributed by atoms with E-state index in [1.807, 2.05) is 0 Å². The fraction of sp³-hybridized carbons (Fsp3) is 0. The zero-order valence-corrected chi connectivity index (χ0v) is 7.88. The molecular formula is C10H10N4O. The van der Waals surface area contributed by atoms with Crippen molar-refractivity contribution < 1.29 is 5.11 Å². The van der Waals surface area contributed by atoms with Gasteiger partial charge in [-0.15, -0.1) is 0 Å². The summed E-state index contributed by atoms with van der Waals surface area (Å²) in [5.74, 6) is 1.06. The first kappa shape index (κ1) is 9.26. The smallest absolute Gasteiger partial charge is 0.229 e. The molecule has 0 saturated heterocycles. The third-order valence-corrected chi connectivity index (χ3v) is 1.80. The summed E-state index contributed by atoms with van der Waals surface area (Å²) in [6, 6.07) is 8.22. The van der Waals surface area contributed by atoms with Crippen molar-refractivity contribution in [2.24, 2.45) is 0 Å². The van der Waals surface area contributed by atoms with Crippen LogP contribution < -0.4 is 11.1 Å². The Morgan fingerprint density at radius 3 is 2.53 bits per heavy atom. The lowest BCUT2D eigenvalue weighted by Crippen LogP contribution is -1.99. The SMILES string of the molecule is Nc1ccnc(Nc2ccc(O)cc2)n1. The average molecular weight is 202 g/mol. The maximum absolute atomic E-state index is 9.09. The normalized spacial score (nSPS) is 9.87. The number of nitrogens with zero attached hydrogens (tertiary/aromatic N) is 2. The highest BCUT2D eigenvalue weighted by atomic mass is 16.3. The minimum atomic E-state index is 0.217. The first-order valence-corrected chi connectivity index (χ1v) is 4.38. The standard InChI is InChI=1S/C10H10N4O/c11-9-5-6-12-10(14-9)13-7-1-3-8(15)4-2-7/h1-6,15H,(H3,11,12,13,14). The Morgan fingerprint density at radius 2 is 1.87 bits per heavy atom. The Hall–Kier alpha value is -2.30. The molecule has 1 heterocycles. The number of rotatable bonds is 2. The monoisotopic (exact) mass is 202 g/mol. The van der Waals surface area contributed by atoms with E-state index in [1.54, 1.807) is 36.5 Å². The Kier molecular flexibility index (Phi) is 2.37. The van der Waals surface area contributed by atoms with Crippen molar-refractivity contribution in [3.8, 4) is 5.75 Å². The van der Waals surface area contributed by atoms with E-state index in [0.717, 1.165) is 5.69 Å². The molecule has 2 aromatic rings. The number of nitrogens with one attached hydrogen (secondary N) is 1. The van der Waals surface area contributed by atoms with E-state index in [-0.39, 0.29) is 5.75 Å². The van der Waals surface area contributed by atoms with E-state index < -0.39 is 0 Å². The summed E-state index contributed by atoms with van der Waals surface area (Å²) < 4.78 is 0. The van der Waals surface area contributed by atoms with Gasteiger partial charge in [-0.25, -0.2) is 4.98 Å². The van der Waals surface area contributed by atoms with Crippen molar-refractivity contribution in [2.45, 2.75) is 0 Å². The molecule has 0 bridgehead atoms. The number of aromatic nitrogens is 2. The number of aromatic hydroxyl groups is 1. The van der Waals surface area contributed by atoms with Crippen LogP contribution in [-0.4, -0.2) is 15.1 Å². The second-order valence-corrected chi connectivity index (χ2v) is 2.98. The Balaban J connectivity index is 2.18. The first-order valence-electron chi connectivity index (χ1n) is 4.38. The van der Waals surface area contributed by atoms with Crippen molar-refractivity contribution in [3.63, 3.8) is 0 Å². The number of benzene rings is 1. The predicted octanol–water partition coefficient (Wildman–Crippen LogP) is 1.51. The molecule has 15 heavy (non-hydrogen) atoms. The average Bonchev–Trinajstić information content (AvgIpc) is 2.22. The maximum Gasteiger partial charge on any atom is 0.229 e. The molecule has 4 N–H and O–H groups in total. The lowest BCUT2D eigenvalue weighted by Gasteiger charge is -2.04. The molecule has 0 aliphatic carbocycles. The minimum absolute atomic E-state index is 0.217. The molecule has 1 aromatic carbocycles. The van der Waals surface area contributed by atoms with E-state index in [2.05, 4.69) is 15.3 Å². The van der Waals surface area contributed by atoms with Crippen LogP contribution in [0.4, 0.5) is 17.5 Å². The van der Waals surface area contributed by atoms with Gasteiger partial charge in [-0.1, -0.05) is 0 Å². The van der Waals surface area contributed by atoms with Crippen molar-refractivity contribution in [2.75, 3.05) is 11.1 Å².